The summed E-state index contributed by atoms with van der Waals surface area (Å²) in [5, 5.41) is 9.23. The summed E-state index contributed by atoms with van der Waals surface area (Å²) in [5.41, 5.74) is 0.782. The molecule has 0 aliphatic carbocycles. The van der Waals surface area contributed by atoms with Crippen LogP contribution in [0.4, 0.5) is 0 Å². The van der Waals surface area contributed by atoms with Gasteiger partial charge in [-0.3, -0.25) is 0 Å². The molecular formula is C13H18O4. The molecule has 0 amide bonds. The van der Waals surface area contributed by atoms with Crippen LogP contribution in [-0.2, 0) is 11.3 Å². The van der Waals surface area contributed by atoms with Gasteiger partial charge in [-0.05, 0) is 18.6 Å². The molecule has 17 heavy (non-hydrogen) atoms. The van der Waals surface area contributed by atoms with E-state index in [1.165, 1.54) is 0 Å². The van der Waals surface area contributed by atoms with Crippen molar-refractivity contribution >= 4 is 0 Å². The summed E-state index contributed by atoms with van der Waals surface area (Å²) in [7, 11) is 1.61. The first-order chi connectivity index (χ1) is 8.33. The smallest absolute Gasteiger partial charge is 0.128 e. The van der Waals surface area contributed by atoms with Gasteiger partial charge < -0.3 is 19.3 Å². The lowest BCUT2D eigenvalue weighted by molar-refractivity contribution is 0.165. The Bertz CT molecular complexity index is 358. The molecule has 1 heterocycles. The van der Waals surface area contributed by atoms with Crippen LogP contribution >= 0.6 is 0 Å². The SMILES string of the molecule is COc1ccc(CO)c(OCC2CCOC2)c1. The number of methoxy groups -OCH3 is 1. The van der Waals surface area contributed by atoms with Crippen LogP contribution in [0.2, 0.25) is 0 Å². The molecule has 0 radical (unpaired) electrons. The second-order valence-electron chi connectivity index (χ2n) is 4.17. The highest BCUT2D eigenvalue weighted by atomic mass is 16.5. The van der Waals surface area contributed by atoms with Gasteiger partial charge in [0.1, 0.15) is 11.5 Å². The maximum Gasteiger partial charge on any atom is 0.128 e. The predicted octanol–water partition coefficient (Wildman–Crippen LogP) is 1.60. The molecule has 1 aliphatic rings. The number of hydrogen-bond donors (Lipinski definition) is 1. The normalized spacial score (nSPS) is 19.3. The first-order valence-electron chi connectivity index (χ1n) is 5.82. The van der Waals surface area contributed by atoms with Crippen molar-refractivity contribution in [3.8, 4) is 11.5 Å². The molecule has 4 heteroatoms. The molecule has 1 N–H and O–H groups in total. The Morgan fingerprint density at radius 1 is 1.47 bits per heavy atom. The van der Waals surface area contributed by atoms with Crippen molar-refractivity contribution in [2.45, 2.75) is 13.0 Å². The van der Waals surface area contributed by atoms with E-state index in [-0.39, 0.29) is 6.61 Å². The molecular weight excluding hydrogens is 220 g/mol. The quantitative estimate of drug-likeness (QED) is 0.846. The van der Waals surface area contributed by atoms with Gasteiger partial charge in [0, 0.05) is 24.2 Å². The van der Waals surface area contributed by atoms with E-state index in [0.29, 0.717) is 18.3 Å². The van der Waals surface area contributed by atoms with E-state index in [2.05, 4.69) is 0 Å². The monoisotopic (exact) mass is 238 g/mol. The van der Waals surface area contributed by atoms with Crippen molar-refractivity contribution in [3.05, 3.63) is 23.8 Å². The van der Waals surface area contributed by atoms with Crippen molar-refractivity contribution in [1.82, 2.24) is 0 Å². The Hall–Kier alpha value is -1.26. The van der Waals surface area contributed by atoms with Crippen molar-refractivity contribution < 1.29 is 19.3 Å². The summed E-state index contributed by atoms with van der Waals surface area (Å²) >= 11 is 0. The van der Waals surface area contributed by atoms with Gasteiger partial charge in [-0.15, -0.1) is 0 Å². The minimum atomic E-state index is -0.0273. The summed E-state index contributed by atoms with van der Waals surface area (Å²) < 4.78 is 16.2. The highest BCUT2D eigenvalue weighted by Crippen LogP contribution is 2.26. The minimum Gasteiger partial charge on any atom is -0.497 e. The molecule has 94 valence electrons. The lowest BCUT2D eigenvalue weighted by atomic mass is 10.1. The van der Waals surface area contributed by atoms with Crippen molar-refractivity contribution in [2.75, 3.05) is 26.9 Å². The van der Waals surface area contributed by atoms with Crippen LogP contribution in [0.3, 0.4) is 0 Å². The van der Waals surface area contributed by atoms with E-state index >= 15 is 0 Å². The zero-order chi connectivity index (χ0) is 12.1. The van der Waals surface area contributed by atoms with Gasteiger partial charge in [0.05, 0.1) is 26.9 Å². The number of ether oxygens (including phenoxy) is 3. The van der Waals surface area contributed by atoms with Gasteiger partial charge in [0.2, 0.25) is 0 Å². The number of hydrogen-bond acceptors (Lipinski definition) is 4. The lowest BCUT2D eigenvalue weighted by Gasteiger charge is -2.14. The Kier molecular flexibility index (Phi) is 4.23. The van der Waals surface area contributed by atoms with E-state index in [4.69, 9.17) is 14.2 Å². The molecule has 1 atom stereocenters. The fourth-order valence-electron chi connectivity index (χ4n) is 1.85. The maximum absolute atomic E-state index is 9.23. The molecule has 1 unspecified atom stereocenters. The average Bonchev–Trinajstić information content (AvgIpc) is 2.89. The molecule has 0 spiro atoms. The largest absolute Gasteiger partial charge is 0.497 e. The summed E-state index contributed by atoms with van der Waals surface area (Å²) in [6.07, 6.45) is 1.04. The van der Waals surface area contributed by atoms with Gasteiger partial charge in [-0.2, -0.15) is 0 Å². The molecule has 4 nitrogen and oxygen atoms in total. The van der Waals surface area contributed by atoms with E-state index in [1.807, 2.05) is 12.1 Å². The Morgan fingerprint density at radius 2 is 2.35 bits per heavy atom. The first-order valence-corrected chi connectivity index (χ1v) is 5.82. The van der Waals surface area contributed by atoms with Gasteiger partial charge in [-0.1, -0.05) is 0 Å². The average molecular weight is 238 g/mol. The third-order valence-corrected chi connectivity index (χ3v) is 2.94. The number of benzene rings is 1. The van der Waals surface area contributed by atoms with E-state index in [0.717, 1.165) is 30.9 Å². The van der Waals surface area contributed by atoms with E-state index < -0.39 is 0 Å². The summed E-state index contributed by atoms with van der Waals surface area (Å²) in [5.74, 6) is 1.88. The molecule has 1 saturated heterocycles. The highest BCUT2D eigenvalue weighted by molar-refractivity contribution is 5.40. The van der Waals surface area contributed by atoms with Crippen LogP contribution in [0, 0.1) is 5.92 Å². The molecule has 2 rings (SSSR count). The fourth-order valence-corrected chi connectivity index (χ4v) is 1.85. The van der Waals surface area contributed by atoms with E-state index in [1.54, 1.807) is 13.2 Å². The molecule has 1 aromatic rings. The standard InChI is InChI=1S/C13H18O4/c1-15-12-3-2-11(7-14)13(6-12)17-9-10-4-5-16-8-10/h2-3,6,10,14H,4-5,7-9H2,1H3. The van der Waals surface area contributed by atoms with Crippen LogP contribution < -0.4 is 9.47 Å². The third-order valence-electron chi connectivity index (χ3n) is 2.94. The third kappa shape index (κ3) is 3.11. The first kappa shape index (κ1) is 12.2. The van der Waals surface area contributed by atoms with Crippen LogP contribution in [0.5, 0.6) is 11.5 Å². The van der Waals surface area contributed by atoms with Crippen molar-refractivity contribution in [3.63, 3.8) is 0 Å². The summed E-state index contributed by atoms with van der Waals surface area (Å²) in [4.78, 5) is 0. The Morgan fingerprint density at radius 3 is 3.00 bits per heavy atom. The molecule has 0 bridgehead atoms. The molecule has 0 aromatic heterocycles. The zero-order valence-corrected chi connectivity index (χ0v) is 10.0. The maximum atomic E-state index is 9.23. The van der Waals surface area contributed by atoms with Crippen molar-refractivity contribution in [1.29, 1.82) is 0 Å². The molecule has 1 fully saturated rings. The highest BCUT2D eigenvalue weighted by Gasteiger charge is 2.17. The van der Waals surface area contributed by atoms with Crippen LogP contribution in [0.1, 0.15) is 12.0 Å². The van der Waals surface area contributed by atoms with Gasteiger partial charge >= 0.3 is 0 Å². The van der Waals surface area contributed by atoms with Gasteiger partial charge in [0.25, 0.3) is 0 Å². The van der Waals surface area contributed by atoms with Crippen molar-refractivity contribution in [2.24, 2.45) is 5.92 Å². The van der Waals surface area contributed by atoms with Gasteiger partial charge in [-0.25, -0.2) is 0 Å². The number of aliphatic hydroxyl groups is 1. The van der Waals surface area contributed by atoms with E-state index in [9.17, 15) is 5.11 Å². The second-order valence-corrected chi connectivity index (χ2v) is 4.17. The summed E-state index contributed by atoms with van der Waals surface area (Å²) in [6, 6.07) is 5.44. The molecule has 1 aromatic carbocycles. The van der Waals surface area contributed by atoms with Crippen LogP contribution in [-0.4, -0.2) is 32.0 Å². The fraction of sp³-hybridized carbons (Fsp3) is 0.538. The zero-order valence-electron chi connectivity index (χ0n) is 10.0. The van der Waals surface area contributed by atoms with Crippen LogP contribution in [0.25, 0.3) is 0 Å². The predicted molar refractivity (Wildman–Crippen MR) is 63.3 cm³/mol. The minimum absolute atomic E-state index is 0.0273. The Balaban J connectivity index is 2.01. The molecule has 0 saturated carbocycles. The molecule has 1 aliphatic heterocycles. The topological polar surface area (TPSA) is 47.9 Å². The summed E-state index contributed by atoms with van der Waals surface area (Å²) in [6.45, 7) is 2.18. The Labute approximate surface area is 101 Å². The van der Waals surface area contributed by atoms with Gasteiger partial charge in [0.15, 0.2) is 0 Å². The lowest BCUT2D eigenvalue weighted by Crippen LogP contribution is -2.12. The second kappa shape index (κ2) is 5.89. The number of rotatable bonds is 5. The number of aliphatic hydroxyl groups excluding tert-OH is 1. The van der Waals surface area contributed by atoms with Crippen LogP contribution in [0.15, 0.2) is 18.2 Å².